The third kappa shape index (κ3) is 8.33. The number of hydrogen-bond acceptors (Lipinski definition) is 1. The number of hydrogen-bond donors (Lipinski definition) is 1. The number of aryl methyl sites for hydroxylation is 2. The molecule has 0 aliphatic carbocycles. The smallest absolute Gasteiger partial charge is 0.265 e. The Bertz CT molecular complexity index is 654. The maximum absolute atomic E-state index is 13.6. The van der Waals surface area contributed by atoms with Crippen molar-refractivity contribution in [3.05, 3.63) is 34.7 Å². The van der Waals surface area contributed by atoms with Gasteiger partial charge in [0.15, 0.2) is 5.69 Å². The fourth-order valence-electron chi connectivity index (χ4n) is 4.45. The minimum Gasteiger partial charge on any atom is -0.322 e. The van der Waals surface area contributed by atoms with Gasteiger partial charge in [-0.25, -0.2) is 4.85 Å². The van der Waals surface area contributed by atoms with E-state index in [2.05, 4.69) is 37.9 Å². The second-order valence-electron chi connectivity index (χ2n) is 8.43. The molecule has 1 atom stereocenters. The number of carbonyl (C=O) groups is 1. The fourth-order valence-corrected chi connectivity index (χ4v) is 10.2. The van der Waals surface area contributed by atoms with E-state index in [-0.39, 0.29) is 44.3 Å². The molecule has 1 radical (unpaired) electrons. The molecule has 30 heavy (non-hydrogen) atoms. The predicted molar refractivity (Wildman–Crippen MR) is 131 cm³/mol. The average Bonchev–Trinajstić information content (AvgIpc) is 2.71. The summed E-state index contributed by atoms with van der Waals surface area (Å²) in [5, 5.41) is 3.30. The molecule has 0 heterocycles. The molecule has 1 aromatic carbocycles. The van der Waals surface area contributed by atoms with Crippen molar-refractivity contribution < 1.29 is 37.5 Å². The Kier molecular flexibility index (Phi) is 15.4. The zero-order chi connectivity index (χ0) is 21.9. The van der Waals surface area contributed by atoms with Crippen LogP contribution in [0.2, 0.25) is 0 Å². The Morgan fingerprint density at radius 3 is 1.73 bits per heavy atom. The van der Waals surface area contributed by atoms with Crippen LogP contribution in [0, 0.1) is 20.4 Å². The normalized spacial score (nSPS) is 12.0. The average molecular weight is 507 g/mol. The van der Waals surface area contributed by atoms with Crippen LogP contribution in [0.5, 0.6) is 0 Å². The molecule has 0 aliphatic heterocycles. The van der Waals surface area contributed by atoms with Crippen LogP contribution >= 0.6 is 7.26 Å². The Balaban J connectivity index is 0.00000841. The number of anilines is 1. The number of benzene rings is 1. The van der Waals surface area contributed by atoms with E-state index in [1.54, 1.807) is 0 Å². The van der Waals surface area contributed by atoms with E-state index in [1.165, 1.54) is 57.0 Å². The van der Waals surface area contributed by atoms with Crippen LogP contribution in [0.1, 0.15) is 83.8 Å². The van der Waals surface area contributed by atoms with Gasteiger partial charge in [-0.3, -0.25) is 4.79 Å². The molecule has 1 unspecified atom stereocenters. The summed E-state index contributed by atoms with van der Waals surface area (Å²) >= 11 is 0. The summed E-state index contributed by atoms with van der Waals surface area (Å²) in [4.78, 5) is 17.1. The van der Waals surface area contributed by atoms with Crippen LogP contribution in [0.25, 0.3) is 4.85 Å². The molecule has 1 rings (SSSR count). The van der Waals surface area contributed by atoms with Gasteiger partial charge in [0.05, 0.1) is 25.1 Å². The topological polar surface area (TPSA) is 33.5 Å². The van der Waals surface area contributed by atoms with Crippen molar-refractivity contribution in [1.29, 1.82) is 0 Å². The van der Waals surface area contributed by atoms with Crippen molar-refractivity contribution in [3.63, 3.8) is 0 Å². The van der Waals surface area contributed by atoms with Crippen LogP contribution in [-0.4, -0.2) is 30.1 Å². The van der Waals surface area contributed by atoms with Gasteiger partial charge in [0.2, 0.25) is 0 Å². The van der Waals surface area contributed by atoms with Crippen molar-refractivity contribution in [2.75, 3.05) is 23.8 Å². The number of unbranched alkanes of at least 4 members (excludes halogenated alkanes) is 3. The summed E-state index contributed by atoms with van der Waals surface area (Å²) in [6, 6.07) is 3.76. The van der Waals surface area contributed by atoms with Crippen molar-refractivity contribution in [3.8, 4) is 0 Å². The summed E-state index contributed by atoms with van der Waals surface area (Å²) in [5.74, 6) is 0.214. The largest absolute Gasteiger partial charge is 0.322 e. The van der Waals surface area contributed by atoms with Gasteiger partial charge in [-0.2, -0.15) is 0 Å². The van der Waals surface area contributed by atoms with Crippen LogP contribution in [0.15, 0.2) is 12.1 Å². The Labute approximate surface area is 211 Å². The Morgan fingerprint density at radius 1 is 0.967 bits per heavy atom. The molecular weight excluding hydrogens is 464 g/mol. The molecule has 1 amide bonds. The minimum absolute atomic E-state index is 0. The maximum Gasteiger partial charge on any atom is 0.265 e. The Hall–Kier alpha value is -0.286. The standard InChI is InChI=1S/C25H41N2OP.Y/c1-8-12-15-29(16-13-9-2,17-14-10-3)23(11-4)25(28)27-24-20(5)18-22(26-7)19-21(24)6;/h18-19,23H,8-17H2,1-6H3;/p+1. The zero-order valence-electron chi connectivity index (χ0n) is 20.2. The van der Waals surface area contributed by atoms with E-state index in [0.717, 1.165) is 23.2 Å². The van der Waals surface area contributed by atoms with Crippen LogP contribution in [0.3, 0.4) is 0 Å². The molecule has 1 aromatic rings. The zero-order valence-corrected chi connectivity index (χ0v) is 23.9. The molecule has 165 valence electrons. The summed E-state index contributed by atoms with van der Waals surface area (Å²) < 4.78 is 0. The van der Waals surface area contributed by atoms with Crippen molar-refractivity contribution >= 4 is 24.5 Å². The van der Waals surface area contributed by atoms with E-state index in [1.807, 2.05) is 26.0 Å². The summed E-state index contributed by atoms with van der Waals surface area (Å²) in [6.45, 7) is 20.2. The molecule has 0 saturated carbocycles. The first-order valence-electron chi connectivity index (χ1n) is 11.5. The molecule has 5 heteroatoms. The molecule has 1 N–H and O–H groups in total. The molecule has 0 spiro atoms. The van der Waals surface area contributed by atoms with Gasteiger partial charge < -0.3 is 5.32 Å². The van der Waals surface area contributed by atoms with Gasteiger partial charge in [-0.1, -0.05) is 59.1 Å². The molecular formula is C25H42N2OPY+. The van der Waals surface area contributed by atoms with Gasteiger partial charge >= 0.3 is 0 Å². The first kappa shape index (κ1) is 29.7. The van der Waals surface area contributed by atoms with E-state index in [4.69, 9.17) is 6.57 Å². The number of amides is 1. The van der Waals surface area contributed by atoms with E-state index in [0.29, 0.717) is 5.69 Å². The van der Waals surface area contributed by atoms with Crippen molar-refractivity contribution in [1.82, 2.24) is 0 Å². The number of nitrogens with zero attached hydrogens (tertiary/aromatic N) is 1. The van der Waals surface area contributed by atoms with Gasteiger partial charge in [-0.05, 0) is 50.7 Å². The number of carbonyl (C=O) groups excluding carboxylic acids is 1. The molecule has 0 aromatic heterocycles. The monoisotopic (exact) mass is 506 g/mol. The van der Waals surface area contributed by atoms with Gasteiger partial charge in [0.25, 0.3) is 5.91 Å². The summed E-state index contributed by atoms with van der Waals surface area (Å²) in [5.41, 5.74) is 3.66. The molecule has 0 aliphatic rings. The first-order chi connectivity index (χ1) is 13.9. The minimum atomic E-state index is -1.36. The Morgan fingerprint density at radius 2 is 1.40 bits per heavy atom. The predicted octanol–water partition coefficient (Wildman–Crippen LogP) is 7.99. The number of nitrogens with one attached hydrogen (secondary N) is 1. The van der Waals surface area contributed by atoms with Crippen molar-refractivity contribution in [2.45, 2.75) is 92.1 Å². The van der Waals surface area contributed by atoms with Crippen molar-refractivity contribution in [2.24, 2.45) is 0 Å². The molecule has 0 saturated heterocycles. The first-order valence-corrected chi connectivity index (χ1v) is 14.0. The van der Waals surface area contributed by atoms with E-state index >= 15 is 0 Å². The van der Waals surface area contributed by atoms with Crippen LogP contribution in [-0.2, 0) is 37.5 Å². The molecule has 3 nitrogen and oxygen atoms in total. The maximum atomic E-state index is 13.6. The molecule has 0 fully saturated rings. The van der Waals surface area contributed by atoms with Crippen LogP contribution < -0.4 is 5.32 Å². The van der Waals surface area contributed by atoms with E-state index in [9.17, 15) is 4.79 Å². The van der Waals surface area contributed by atoms with E-state index < -0.39 is 7.26 Å². The number of rotatable bonds is 13. The van der Waals surface area contributed by atoms with Gasteiger partial charge in [0.1, 0.15) is 5.66 Å². The van der Waals surface area contributed by atoms with Gasteiger partial charge in [-0.15, -0.1) is 0 Å². The second kappa shape index (κ2) is 15.5. The SMILES string of the molecule is [C-]#[N+]c1cc(C)c(NC(=O)C(CC)[P+](CCCC)(CCCC)CCCC)c(C)c1.[Y]. The summed E-state index contributed by atoms with van der Waals surface area (Å²) in [7, 11) is -1.36. The molecule has 0 bridgehead atoms. The third-order valence-corrected chi connectivity index (χ3v) is 11.7. The van der Waals surface area contributed by atoms with Crippen LogP contribution in [0.4, 0.5) is 11.4 Å². The van der Waals surface area contributed by atoms with Gasteiger partial charge in [0, 0.05) is 45.7 Å². The summed E-state index contributed by atoms with van der Waals surface area (Å²) in [6.07, 6.45) is 12.0. The quantitative estimate of drug-likeness (QED) is 0.214. The second-order valence-corrected chi connectivity index (χ2v) is 12.8. The fraction of sp³-hybridized carbons (Fsp3) is 0.680. The third-order valence-electron chi connectivity index (χ3n) is 6.12.